The van der Waals surface area contributed by atoms with Gasteiger partial charge in [0, 0.05) is 18.5 Å². The largest absolute Gasteiger partial charge is 0.364 e. The Bertz CT molecular complexity index is 502. The van der Waals surface area contributed by atoms with Crippen LogP contribution in [-0.2, 0) is 21.4 Å². The fourth-order valence-corrected chi connectivity index (χ4v) is 2.79. The molecule has 1 aromatic carbocycles. The number of carbonyl (C=O) groups excluding carboxylic acids is 1. The molecule has 1 fully saturated rings. The van der Waals surface area contributed by atoms with Crippen LogP contribution in [0.5, 0.6) is 0 Å². The smallest absolute Gasteiger partial charge is 0.249 e. The van der Waals surface area contributed by atoms with E-state index < -0.39 is 0 Å². The van der Waals surface area contributed by atoms with Gasteiger partial charge in [0.05, 0.1) is 6.10 Å². The summed E-state index contributed by atoms with van der Waals surface area (Å²) in [5.41, 5.74) is 8.04. The molecule has 2 atom stereocenters. The molecule has 4 nitrogen and oxygen atoms in total. The van der Waals surface area contributed by atoms with Crippen LogP contribution in [0.3, 0.4) is 0 Å². The highest BCUT2D eigenvalue weighted by atomic mass is 35.5. The molecule has 0 aliphatic carbocycles. The van der Waals surface area contributed by atoms with Gasteiger partial charge in [-0.05, 0) is 30.4 Å². The van der Waals surface area contributed by atoms with Gasteiger partial charge in [0.15, 0.2) is 0 Å². The monoisotopic (exact) mass is 340 g/mol. The van der Waals surface area contributed by atoms with Gasteiger partial charge < -0.3 is 15.8 Å². The highest BCUT2D eigenvalue weighted by molar-refractivity contribution is 5.85. The summed E-state index contributed by atoms with van der Waals surface area (Å²) < 4.78 is 5.64. The predicted octanol–water partition coefficient (Wildman–Crippen LogP) is 2.57. The molecule has 1 aromatic rings. The van der Waals surface area contributed by atoms with Crippen LogP contribution in [0.25, 0.3) is 0 Å². The number of rotatable bonds is 6. The number of ether oxygens (including phenoxy) is 1. The van der Waals surface area contributed by atoms with Gasteiger partial charge in [0.2, 0.25) is 5.91 Å². The molecule has 0 spiro atoms. The zero-order valence-electron chi connectivity index (χ0n) is 14.3. The van der Waals surface area contributed by atoms with E-state index >= 15 is 0 Å². The van der Waals surface area contributed by atoms with Crippen LogP contribution in [0.2, 0.25) is 0 Å². The number of aryl methyl sites for hydroxylation is 1. The van der Waals surface area contributed by atoms with E-state index in [-0.39, 0.29) is 35.9 Å². The van der Waals surface area contributed by atoms with Gasteiger partial charge >= 0.3 is 0 Å². The van der Waals surface area contributed by atoms with Crippen LogP contribution >= 0.6 is 12.4 Å². The third-order valence-corrected chi connectivity index (χ3v) is 4.51. The fourth-order valence-electron chi connectivity index (χ4n) is 2.79. The molecule has 0 aromatic heterocycles. The summed E-state index contributed by atoms with van der Waals surface area (Å²) in [6.07, 6.45) is 2.37. The molecule has 0 radical (unpaired) electrons. The lowest BCUT2D eigenvalue weighted by Crippen LogP contribution is -2.42. The number of hydrogen-bond acceptors (Lipinski definition) is 3. The molecule has 1 heterocycles. The molecule has 23 heavy (non-hydrogen) atoms. The second kappa shape index (κ2) is 8.67. The molecule has 5 heteroatoms. The Labute approximate surface area is 145 Å². The van der Waals surface area contributed by atoms with Crippen molar-refractivity contribution in [1.29, 1.82) is 0 Å². The van der Waals surface area contributed by atoms with E-state index in [0.29, 0.717) is 13.1 Å². The van der Waals surface area contributed by atoms with E-state index in [0.717, 1.165) is 19.3 Å². The van der Waals surface area contributed by atoms with E-state index in [1.807, 2.05) is 0 Å². The fraction of sp³-hybridized carbons (Fsp3) is 0.611. The summed E-state index contributed by atoms with van der Waals surface area (Å²) in [6.45, 7) is 7.53. The maximum absolute atomic E-state index is 12.2. The second-order valence-corrected chi connectivity index (χ2v) is 6.71. The Morgan fingerprint density at radius 2 is 1.96 bits per heavy atom. The van der Waals surface area contributed by atoms with Crippen molar-refractivity contribution in [2.45, 2.75) is 57.7 Å². The van der Waals surface area contributed by atoms with Crippen molar-refractivity contribution >= 4 is 18.3 Å². The Balaban J connectivity index is 0.00000264. The molecule has 1 amide bonds. The summed E-state index contributed by atoms with van der Waals surface area (Å²) in [6, 6.07) is 8.62. The van der Waals surface area contributed by atoms with Crippen LogP contribution in [0.1, 0.15) is 44.7 Å². The van der Waals surface area contributed by atoms with Crippen molar-refractivity contribution in [2.75, 3.05) is 13.1 Å². The first-order valence-corrected chi connectivity index (χ1v) is 8.19. The van der Waals surface area contributed by atoms with Crippen LogP contribution in [0.4, 0.5) is 0 Å². The van der Waals surface area contributed by atoms with E-state index in [2.05, 4.69) is 50.4 Å². The van der Waals surface area contributed by atoms with Crippen molar-refractivity contribution in [3.63, 3.8) is 0 Å². The van der Waals surface area contributed by atoms with Crippen molar-refractivity contribution in [1.82, 2.24) is 5.32 Å². The van der Waals surface area contributed by atoms with Gasteiger partial charge in [0.25, 0.3) is 0 Å². The lowest BCUT2D eigenvalue weighted by Gasteiger charge is -2.26. The molecule has 0 unspecified atom stereocenters. The average molecular weight is 341 g/mol. The first kappa shape index (κ1) is 19.9. The zero-order valence-corrected chi connectivity index (χ0v) is 15.1. The van der Waals surface area contributed by atoms with Crippen molar-refractivity contribution in [3.05, 3.63) is 35.4 Å². The molecular weight excluding hydrogens is 312 g/mol. The Morgan fingerprint density at radius 3 is 2.48 bits per heavy atom. The number of benzene rings is 1. The normalized spacial score (nSPS) is 20.9. The standard InChI is InChI=1S/C18H28N2O2.ClH/c1-4-13-5-7-14(8-6-13)18(2,3)12-20-17(21)16-10-9-15(11-19)22-16;/h5-8,15-16H,4,9-12,19H2,1-3H3,(H,20,21);1H/t15-,16+;/m1./s1. The molecule has 0 bridgehead atoms. The quantitative estimate of drug-likeness (QED) is 0.836. The van der Waals surface area contributed by atoms with Crippen molar-refractivity contribution in [3.8, 4) is 0 Å². The number of nitrogens with two attached hydrogens (primary N) is 1. The molecule has 3 N–H and O–H groups in total. The third kappa shape index (κ3) is 5.20. The van der Waals surface area contributed by atoms with Gasteiger partial charge in [-0.2, -0.15) is 0 Å². The topological polar surface area (TPSA) is 64.4 Å². The molecule has 2 rings (SSSR count). The molecule has 1 aliphatic heterocycles. The maximum Gasteiger partial charge on any atom is 0.249 e. The van der Waals surface area contributed by atoms with Crippen LogP contribution in [-0.4, -0.2) is 31.2 Å². The van der Waals surface area contributed by atoms with Gasteiger partial charge in [-0.15, -0.1) is 12.4 Å². The first-order chi connectivity index (χ1) is 10.5. The number of carbonyl (C=O) groups is 1. The summed E-state index contributed by atoms with van der Waals surface area (Å²) in [7, 11) is 0. The first-order valence-electron chi connectivity index (χ1n) is 8.19. The second-order valence-electron chi connectivity index (χ2n) is 6.71. The molecule has 1 aliphatic rings. The van der Waals surface area contributed by atoms with Gasteiger partial charge in [-0.3, -0.25) is 4.79 Å². The van der Waals surface area contributed by atoms with E-state index in [1.54, 1.807) is 0 Å². The number of nitrogens with one attached hydrogen (secondary N) is 1. The molecule has 130 valence electrons. The van der Waals surface area contributed by atoms with Crippen molar-refractivity contribution < 1.29 is 9.53 Å². The highest BCUT2D eigenvalue weighted by Gasteiger charge is 2.31. The Morgan fingerprint density at radius 1 is 1.30 bits per heavy atom. The van der Waals surface area contributed by atoms with Gasteiger partial charge in [0.1, 0.15) is 6.10 Å². The van der Waals surface area contributed by atoms with Gasteiger partial charge in [-0.1, -0.05) is 45.0 Å². The average Bonchev–Trinajstić information content (AvgIpc) is 3.02. The van der Waals surface area contributed by atoms with Crippen LogP contribution in [0.15, 0.2) is 24.3 Å². The lowest BCUT2D eigenvalue weighted by atomic mass is 9.84. The Kier molecular flexibility index (Phi) is 7.52. The highest BCUT2D eigenvalue weighted by Crippen LogP contribution is 2.24. The SMILES string of the molecule is CCc1ccc(C(C)(C)CNC(=O)[C@@H]2CC[C@H](CN)O2)cc1.Cl. The summed E-state index contributed by atoms with van der Waals surface area (Å²) >= 11 is 0. The van der Waals surface area contributed by atoms with E-state index in [1.165, 1.54) is 11.1 Å². The minimum absolute atomic E-state index is 0. The number of halogens is 1. The molecule has 1 saturated heterocycles. The van der Waals surface area contributed by atoms with E-state index in [9.17, 15) is 4.79 Å². The molecular formula is C18H29ClN2O2. The molecule has 0 saturated carbocycles. The summed E-state index contributed by atoms with van der Waals surface area (Å²) in [4.78, 5) is 12.2. The predicted molar refractivity (Wildman–Crippen MR) is 96.1 cm³/mol. The van der Waals surface area contributed by atoms with E-state index in [4.69, 9.17) is 10.5 Å². The summed E-state index contributed by atoms with van der Waals surface area (Å²) in [5, 5.41) is 3.03. The summed E-state index contributed by atoms with van der Waals surface area (Å²) in [5.74, 6) is -0.0193. The Hall–Kier alpha value is -1.10. The van der Waals surface area contributed by atoms with Crippen LogP contribution in [0, 0.1) is 0 Å². The minimum atomic E-state index is -0.341. The van der Waals surface area contributed by atoms with Gasteiger partial charge in [-0.25, -0.2) is 0 Å². The zero-order chi connectivity index (χ0) is 16.2. The minimum Gasteiger partial charge on any atom is -0.364 e. The third-order valence-electron chi connectivity index (χ3n) is 4.51. The van der Waals surface area contributed by atoms with Crippen LogP contribution < -0.4 is 11.1 Å². The number of hydrogen-bond donors (Lipinski definition) is 2. The maximum atomic E-state index is 12.2. The lowest BCUT2D eigenvalue weighted by molar-refractivity contribution is -0.132. The number of amides is 1. The van der Waals surface area contributed by atoms with Crippen molar-refractivity contribution in [2.24, 2.45) is 5.73 Å².